The molecule has 0 aliphatic heterocycles. The standard InChI is InChI=1S/C11H22N2O3/c1-5-6-7(10(15)16)13-9(14)8(12)11(2,3)4/h7-8H,5-6,12H2,1-4H3,(H,13,14)(H,15,16)/t7-,8+/m0/s1. The summed E-state index contributed by atoms with van der Waals surface area (Å²) in [5, 5.41) is 11.3. The minimum Gasteiger partial charge on any atom is -0.480 e. The lowest BCUT2D eigenvalue weighted by atomic mass is 9.87. The number of nitrogens with two attached hydrogens (primary N) is 1. The Kier molecular flexibility index (Phi) is 5.44. The zero-order valence-electron chi connectivity index (χ0n) is 10.4. The first kappa shape index (κ1) is 14.9. The lowest BCUT2D eigenvalue weighted by Crippen LogP contribution is -2.53. The van der Waals surface area contributed by atoms with Gasteiger partial charge in [0.1, 0.15) is 6.04 Å². The van der Waals surface area contributed by atoms with Crippen molar-refractivity contribution in [3.63, 3.8) is 0 Å². The van der Waals surface area contributed by atoms with Crippen LogP contribution in [-0.2, 0) is 9.59 Å². The minimum absolute atomic E-state index is 0.376. The number of hydrogen-bond donors (Lipinski definition) is 3. The van der Waals surface area contributed by atoms with E-state index in [9.17, 15) is 9.59 Å². The third-order valence-electron chi connectivity index (χ3n) is 2.41. The Hall–Kier alpha value is -1.10. The first-order valence-electron chi connectivity index (χ1n) is 5.49. The molecule has 0 radical (unpaired) electrons. The molecule has 0 heterocycles. The largest absolute Gasteiger partial charge is 0.480 e. The fourth-order valence-corrected chi connectivity index (χ4v) is 1.20. The second-order valence-electron chi connectivity index (χ2n) is 5.03. The van der Waals surface area contributed by atoms with Gasteiger partial charge in [0, 0.05) is 0 Å². The molecule has 5 nitrogen and oxygen atoms in total. The maximum Gasteiger partial charge on any atom is 0.326 e. The van der Waals surface area contributed by atoms with E-state index in [0.717, 1.165) is 0 Å². The number of amides is 1. The van der Waals surface area contributed by atoms with Crippen LogP contribution in [0.25, 0.3) is 0 Å². The summed E-state index contributed by atoms with van der Waals surface area (Å²) in [6.45, 7) is 7.39. The summed E-state index contributed by atoms with van der Waals surface area (Å²) in [4.78, 5) is 22.5. The lowest BCUT2D eigenvalue weighted by Gasteiger charge is -2.27. The van der Waals surface area contributed by atoms with Gasteiger partial charge in [0.15, 0.2) is 0 Å². The van der Waals surface area contributed by atoms with E-state index in [0.29, 0.717) is 12.8 Å². The van der Waals surface area contributed by atoms with Gasteiger partial charge in [0.2, 0.25) is 5.91 Å². The summed E-state index contributed by atoms with van der Waals surface area (Å²) in [5.41, 5.74) is 5.36. The Morgan fingerprint density at radius 2 is 1.88 bits per heavy atom. The smallest absolute Gasteiger partial charge is 0.326 e. The number of rotatable bonds is 5. The number of aliphatic carboxylic acids is 1. The highest BCUT2D eigenvalue weighted by Gasteiger charge is 2.30. The van der Waals surface area contributed by atoms with Gasteiger partial charge >= 0.3 is 5.97 Å². The average molecular weight is 230 g/mol. The van der Waals surface area contributed by atoms with Crippen LogP contribution in [0, 0.1) is 5.41 Å². The molecule has 0 rings (SSSR count). The molecule has 0 aliphatic carbocycles. The molecular formula is C11H22N2O3. The van der Waals surface area contributed by atoms with Crippen molar-refractivity contribution in [3.05, 3.63) is 0 Å². The third-order valence-corrected chi connectivity index (χ3v) is 2.41. The topological polar surface area (TPSA) is 92.4 Å². The predicted molar refractivity (Wildman–Crippen MR) is 61.9 cm³/mol. The number of nitrogens with one attached hydrogen (secondary N) is 1. The van der Waals surface area contributed by atoms with Crippen molar-refractivity contribution in [2.75, 3.05) is 0 Å². The van der Waals surface area contributed by atoms with Crippen molar-refractivity contribution in [1.82, 2.24) is 5.32 Å². The first-order valence-corrected chi connectivity index (χ1v) is 5.49. The summed E-state index contributed by atoms with van der Waals surface area (Å²) in [6, 6.07) is -1.54. The van der Waals surface area contributed by atoms with Crippen molar-refractivity contribution in [2.45, 2.75) is 52.6 Å². The van der Waals surface area contributed by atoms with Crippen molar-refractivity contribution in [3.8, 4) is 0 Å². The van der Waals surface area contributed by atoms with Crippen LogP contribution in [-0.4, -0.2) is 29.1 Å². The van der Waals surface area contributed by atoms with Crippen LogP contribution < -0.4 is 11.1 Å². The summed E-state index contributed by atoms with van der Waals surface area (Å²) in [6.07, 6.45) is 1.11. The lowest BCUT2D eigenvalue weighted by molar-refractivity contribution is -0.142. The van der Waals surface area contributed by atoms with Crippen LogP contribution in [0.3, 0.4) is 0 Å². The molecule has 0 saturated carbocycles. The van der Waals surface area contributed by atoms with Gasteiger partial charge in [-0.15, -0.1) is 0 Å². The number of carboxylic acid groups (broad SMARTS) is 1. The molecule has 0 aromatic rings. The molecule has 0 aromatic heterocycles. The zero-order valence-corrected chi connectivity index (χ0v) is 10.4. The highest BCUT2D eigenvalue weighted by atomic mass is 16.4. The monoisotopic (exact) mass is 230 g/mol. The van der Waals surface area contributed by atoms with Gasteiger partial charge in [0.25, 0.3) is 0 Å². The van der Waals surface area contributed by atoms with Crippen molar-refractivity contribution >= 4 is 11.9 Å². The van der Waals surface area contributed by atoms with E-state index in [1.54, 1.807) is 0 Å². The Balaban J connectivity index is 4.46. The molecule has 94 valence electrons. The van der Waals surface area contributed by atoms with Crippen LogP contribution >= 0.6 is 0 Å². The fraction of sp³-hybridized carbons (Fsp3) is 0.818. The van der Waals surface area contributed by atoms with Gasteiger partial charge < -0.3 is 16.2 Å². The first-order chi connectivity index (χ1) is 7.20. The molecule has 0 aliphatic rings. The van der Waals surface area contributed by atoms with Crippen LogP contribution in [0.5, 0.6) is 0 Å². The van der Waals surface area contributed by atoms with Gasteiger partial charge in [-0.1, -0.05) is 34.1 Å². The average Bonchev–Trinajstić information content (AvgIpc) is 2.14. The Morgan fingerprint density at radius 1 is 1.38 bits per heavy atom. The summed E-state index contributed by atoms with van der Waals surface area (Å²) < 4.78 is 0. The zero-order chi connectivity index (χ0) is 12.9. The molecule has 0 spiro atoms. The highest BCUT2D eigenvalue weighted by Crippen LogP contribution is 2.17. The second kappa shape index (κ2) is 5.84. The van der Waals surface area contributed by atoms with Gasteiger partial charge in [-0.3, -0.25) is 4.79 Å². The Labute approximate surface area is 96.4 Å². The fourth-order valence-electron chi connectivity index (χ4n) is 1.20. The van der Waals surface area contributed by atoms with E-state index < -0.39 is 24.0 Å². The molecule has 0 fully saturated rings. The van der Waals surface area contributed by atoms with E-state index in [1.807, 2.05) is 27.7 Å². The number of carboxylic acids is 1. The van der Waals surface area contributed by atoms with Crippen molar-refractivity contribution in [1.29, 1.82) is 0 Å². The second-order valence-corrected chi connectivity index (χ2v) is 5.03. The van der Waals surface area contributed by atoms with Gasteiger partial charge in [-0.2, -0.15) is 0 Å². The third kappa shape index (κ3) is 4.61. The van der Waals surface area contributed by atoms with Crippen molar-refractivity contribution < 1.29 is 14.7 Å². The molecule has 1 amide bonds. The van der Waals surface area contributed by atoms with Gasteiger partial charge in [-0.05, 0) is 11.8 Å². The molecule has 0 unspecified atom stereocenters. The number of hydrogen-bond acceptors (Lipinski definition) is 3. The number of carbonyl (C=O) groups excluding carboxylic acids is 1. The molecule has 4 N–H and O–H groups in total. The van der Waals surface area contributed by atoms with Gasteiger partial charge in [0.05, 0.1) is 6.04 Å². The number of carbonyl (C=O) groups is 2. The van der Waals surface area contributed by atoms with Crippen LogP contribution in [0.1, 0.15) is 40.5 Å². The van der Waals surface area contributed by atoms with Crippen molar-refractivity contribution in [2.24, 2.45) is 11.1 Å². The molecule has 0 saturated heterocycles. The molecule has 16 heavy (non-hydrogen) atoms. The van der Waals surface area contributed by atoms with E-state index in [-0.39, 0.29) is 5.41 Å². The Morgan fingerprint density at radius 3 is 2.19 bits per heavy atom. The maximum absolute atomic E-state index is 11.7. The van der Waals surface area contributed by atoms with Gasteiger partial charge in [-0.25, -0.2) is 4.79 Å². The quantitative estimate of drug-likeness (QED) is 0.649. The maximum atomic E-state index is 11.7. The summed E-state index contributed by atoms with van der Waals surface area (Å²) in [5.74, 6) is -1.43. The van der Waals surface area contributed by atoms with E-state index in [2.05, 4.69) is 5.32 Å². The Bertz CT molecular complexity index is 258. The van der Waals surface area contributed by atoms with E-state index in [1.165, 1.54) is 0 Å². The molecular weight excluding hydrogens is 208 g/mol. The molecule has 2 atom stereocenters. The van der Waals surface area contributed by atoms with Crippen LogP contribution in [0.2, 0.25) is 0 Å². The van der Waals surface area contributed by atoms with Crippen LogP contribution in [0.15, 0.2) is 0 Å². The summed E-state index contributed by atoms with van der Waals surface area (Å²) >= 11 is 0. The van der Waals surface area contributed by atoms with Crippen LogP contribution in [0.4, 0.5) is 0 Å². The van der Waals surface area contributed by atoms with E-state index >= 15 is 0 Å². The summed E-state index contributed by atoms with van der Waals surface area (Å²) in [7, 11) is 0. The molecule has 0 aromatic carbocycles. The molecule has 0 bridgehead atoms. The predicted octanol–water partition coefficient (Wildman–Crippen LogP) is 0.729. The minimum atomic E-state index is -1.02. The highest BCUT2D eigenvalue weighted by molar-refractivity contribution is 5.87. The van der Waals surface area contributed by atoms with E-state index in [4.69, 9.17) is 10.8 Å². The normalized spacial score (nSPS) is 15.3. The SMILES string of the molecule is CCC[C@H](NC(=O)[C@@H](N)C(C)(C)C)C(=O)O. The molecule has 5 heteroatoms.